The van der Waals surface area contributed by atoms with Crippen molar-refractivity contribution in [2.45, 2.75) is 26.8 Å². The third-order valence-electron chi connectivity index (χ3n) is 4.54. The van der Waals surface area contributed by atoms with Gasteiger partial charge in [0, 0.05) is 5.70 Å². The fourth-order valence-electron chi connectivity index (χ4n) is 3.01. The number of carbonyl (C=O) groups is 3. The van der Waals surface area contributed by atoms with E-state index >= 15 is 0 Å². The van der Waals surface area contributed by atoms with Gasteiger partial charge in [-0.2, -0.15) is 0 Å². The van der Waals surface area contributed by atoms with Crippen molar-refractivity contribution < 1.29 is 28.2 Å². The lowest BCUT2D eigenvalue weighted by Crippen LogP contribution is -2.45. The van der Waals surface area contributed by atoms with Gasteiger partial charge in [0.25, 0.3) is 0 Å². The summed E-state index contributed by atoms with van der Waals surface area (Å²) in [5.41, 5.74) is 1.54. The van der Waals surface area contributed by atoms with Gasteiger partial charge < -0.3 is 20.1 Å². The molecule has 0 radical (unpaired) electrons. The van der Waals surface area contributed by atoms with Crippen molar-refractivity contribution in [2.75, 3.05) is 6.61 Å². The minimum absolute atomic E-state index is 0.171. The highest BCUT2D eigenvalue weighted by Crippen LogP contribution is 2.29. The first-order chi connectivity index (χ1) is 14.7. The number of rotatable bonds is 6. The van der Waals surface area contributed by atoms with E-state index in [1.807, 2.05) is 13.8 Å². The predicted octanol–water partition coefficient (Wildman–Crippen LogP) is 3.87. The van der Waals surface area contributed by atoms with E-state index in [0.29, 0.717) is 16.8 Å². The highest BCUT2D eigenvalue weighted by atomic mass is 19.1. The van der Waals surface area contributed by atoms with Crippen LogP contribution in [0.25, 0.3) is 0 Å². The Bertz CT molecular complexity index is 1010. The van der Waals surface area contributed by atoms with Gasteiger partial charge >= 0.3 is 18.0 Å². The first-order valence-corrected chi connectivity index (χ1v) is 9.77. The molecule has 1 unspecified atom stereocenters. The van der Waals surface area contributed by atoms with Gasteiger partial charge in [0.1, 0.15) is 11.6 Å². The molecule has 162 valence electrons. The van der Waals surface area contributed by atoms with Crippen LogP contribution in [0.1, 0.15) is 42.7 Å². The van der Waals surface area contributed by atoms with Crippen molar-refractivity contribution in [3.8, 4) is 5.75 Å². The zero-order chi connectivity index (χ0) is 22.5. The maximum Gasteiger partial charge on any atom is 0.343 e. The summed E-state index contributed by atoms with van der Waals surface area (Å²) in [5.74, 6) is -1.16. The van der Waals surface area contributed by atoms with Crippen LogP contribution in [0.2, 0.25) is 0 Å². The molecule has 0 bridgehead atoms. The summed E-state index contributed by atoms with van der Waals surface area (Å²) in [6.45, 7) is 5.75. The van der Waals surface area contributed by atoms with Crippen molar-refractivity contribution in [2.24, 2.45) is 5.92 Å². The molecule has 2 aromatic rings. The van der Waals surface area contributed by atoms with Gasteiger partial charge in [0.2, 0.25) is 0 Å². The van der Waals surface area contributed by atoms with Crippen LogP contribution in [0.4, 0.5) is 9.18 Å². The molecule has 8 heteroatoms. The van der Waals surface area contributed by atoms with Crippen molar-refractivity contribution in [3.63, 3.8) is 0 Å². The van der Waals surface area contributed by atoms with Crippen molar-refractivity contribution >= 4 is 18.0 Å². The maximum absolute atomic E-state index is 13.0. The van der Waals surface area contributed by atoms with Gasteiger partial charge in [0.05, 0.1) is 23.8 Å². The molecule has 1 heterocycles. The van der Waals surface area contributed by atoms with E-state index in [2.05, 4.69) is 10.6 Å². The summed E-state index contributed by atoms with van der Waals surface area (Å²) in [6, 6.07) is 10.3. The number of carbonyl (C=O) groups excluding carboxylic acids is 3. The van der Waals surface area contributed by atoms with E-state index in [-0.39, 0.29) is 23.8 Å². The normalized spacial score (nSPS) is 15.9. The van der Waals surface area contributed by atoms with Crippen LogP contribution >= 0.6 is 0 Å². The van der Waals surface area contributed by atoms with Gasteiger partial charge in [0.15, 0.2) is 0 Å². The number of hydrogen-bond donors (Lipinski definition) is 2. The zero-order valence-electron chi connectivity index (χ0n) is 17.4. The van der Waals surface area contributed by atoms with Crippen LogP contribution in [0.3, 0.4) is 0 Å². The number of hydrogen-bond acceptors (Lipinski definition) is 5. The van der Waals surface area contributed by atoms with Crippen molar-refractivity contribution in [1.29, 1.82) is 0 Å². The second-order valence-corrected chi connectivity index (χ2v) is 7.53. The van der Waals surface area contributed by atoms with Gasteiger partial charge in [-0.15, -0.1) is 0 Å². The molecule has 2 aromatic carbocycles. The summed E-state index contributed by atoms with van der Waals surface area (Å²) in [5, 5.41) is 5.31. The van der Waals surface area contributed by atoms with E-state index in [4.69, 9.17) is 9.47 Å². The Hall–Kier alpha value is -3.68. The molecule has 0 spiro atoms. The molecule has 0 saturated heterocycles. The van der Waals surface area contributed by atoms with Crippen molar-refractivity contribution in [1.82, 2.24) is 10.6 Å². The topological polar surface area (TPSA) is 93.7 Å². The molecule has 0 fully saturated rings. The first kappa shape index (κ1) is 22.0. The minimum atomic E-state index is -0.713. The minimum Gasteiger partial charge on any atom is -0.462 e. The average Bonchev–Trinajstić information content (AvgIpc) is 2.72. The third kappa shape index (κ3) is 5.48. The van der Waals surface area contributed by atoms with Gasteiger partial charge in [-0.1, -0.05) is 26.0 Å². The van der Waals surface area contributed by atoms with E-state index < -0.39 is 29.8 Å². The molecule has 1 atom stereocenters. The van der Waals surface area contributed by atoms with Crippen LogP contribution in [-0.4, -0.2) is 24.6 Å². The number of urea groups is 1. The summed E-state index contributed by atoms with van der Waals surface area (Å²) in [7, 11) is 0. The first-order valence-electron chi connectivity index (χ1n) is 9.77. The average molecular weight is 426 g/mol. The SMILES string of the molecule is CC1=C(C(=O)OCC(C)C)C(c2ccc(OC(=O)c3ccc(F)cc3)cc2)NC(=O)N1. The molecular formula is C23H23FN2O5. The Labute approximate surface area is 179 Å². The van der Waals surface area contributed by atoms with Crippen LogP contribution in [0.15, 0.2) is 59.8 Å². The number of nitrogens with one attached hydrogen (secondary N) is 2. The van der Waals surface area contributed by atoms with Gasteiger partial charge in [-0.05, 0) is 54.8 Å². The third-order valence-corrected chi connectivity index (χ3v) is 4.54. The largest absolute Gasteiger partial charge is 0.462 e. The highest BCUT2D eigenvalue weighted by molar-refractivity contribution is 5.95. The van der Waals surface area contributed by atoms with E-state index in [1.165, 1.54) is 24.3 Å². The van der Waals surface area contributed by atoms with Crippen LogP contribution in [-0.2, 0) is 9.53 Å². The summed E-state index contributed by atoms with van der Waals surface area (Å²) >= 11 is 0. The lowest BCUT2D eigenvalue weighted by Gasteiger charge is -2.28. The van der Waals surface area contributed by atoms with Gasteiger partial charge in [-0.25, -0.2) is 18.8 Å². The molecule has 1 aliphatic rings. The monoisotopic (exact) mass is 426 g/mol. The number of amides is 2. The summed E-state index contributed by atoms with van der Waals surface area (Å²) in [4.78, 5) is 36.8. The van der Waals surface area contributed by atoms with Gasteiger partial charge in [-0.3, -0.25) is 0 Å². The van der Waals surface area contributed by atoms with E-state index in [9.17, 15) is 18.8 Å². The lowest BCUT2D eigenvalue weighted by atomic mass is 9.95. The molecule has 3 rings (SSSR count). The van der Waals surface area contributed by atoms with Crippen LogP contribution in [0, 0.1) is 11.7 Å². The maximum atomic E-state index is 13.0. The molecule has 2 amide bonds. The zero-order valence-corrected chi connectivity index (χ0v) is 17.4. The number of esters is 2. The number of ether oxygens (including phenoxy) is 2. The number of benzene rings is 2. The predicted molar refractivity (Wildman–Crippen MR) is 111 cm³/mol. The fourth-order valence-corrected chi connectivity index (χ4v) is 3.01. The smallest absolute Gasteiger partial charge is 0.343 e. The molecule has 2 N–H and O–H groups in total. The molecule has 7 nitrogen and oxygen atoms in total. The highest BCUT2D eigenvalue weighted by Gasteiger charge is 2.32. The summed E-state index contributed by atoms with van der Waals surface area (Å²) in [6.07, 6.45) is 0. The molecule has 31 heavy (non-hydrogen) atoms. The second-order valence-electron chi connectivity index (χ2n) is 7.53. The number of halogens is 1. The standard InChI is InChI=1S/C23H23FN2O5/c1-13(2)12-30-22(28)19-14(3)25-23(29)26-20(19)15-6-10-18(11-7-15)31-21(27)16-4-8-17(24)9-5-16/h4-11,13,20H,12H2,1-3H3,(H2,25,26,29). The lowest BCUT2D eigenvalue weighted by molar-refractivity contribution is -0.140. The van der Waals surface area contributed by atoms with Crippen molar-refractivity contribution in [3.05, 3.63) is 76.7 Å². The Morgan fingerprint density at radius 2 is 1.68 bits per heavy atom. The van der Waals surface area contributed by atoms with Crippen LogP contribution in [0.5, 0.6) is 5.75 Å². The van der Waals surface area contributed by atoms with E-state index in [1.54, 1.807) is 31.2 Å². The Morgan fingerprint density at radius 3 is 2.29 bits per heavy atom. The Balaban J connectivity index is 1.78. The fraction of sp³-hybridized carbons (Fsp3) is 0.261. The quantitative estimate of drug-likeness (QED) is 0.540. The molecule has 0 aliphatic carbocycles. The van der Waals surface area contributed by atoms with E-state index in [0.717, 1.165) is 0 Å². The second kappa shape index (κ2) is 9.42. The summed E-state index contributed by atoms with van der Waals surface area (Å²) < 4.78 is 23.7. The molecule has 0 aromatic heterocycles. The molecule has 1 aliphatic heterocycles. The number of allylic oxidation sites excluding steroid dienone is 1. The molecule has 0 saturated carbocycles. The molecular weight excluding hydrogens is 403 g/mol. The Kier molecular flexibility index (Phi) is 6.69. The Morgan fingerprint density at radius 1 is 1.03 bits per heavy atom. The van der Waals surface area contributed by atoms with Crippen LogP contribution < -0.4 is 15.4 Å².